The molecular weight excluding hydrogens is 364 g/mol. The standard InChI is InChI=1S/C20H23BrN2O/c1-2-24-16-9-6-14(7-10-16)20-17(5-3-4-12-22)18-13-15(21)8-11-19(18)23-20/h6-11,13,23H,2-5,12,22H2,1H3. The second kappa shape index (κ2) is 7.86. The van der Waals surface area contributed by atoms with E-state index < -0.39 is 0 Å². The molecule has 3 aromatic rings. The number of aromatic amines is 1. The molecular formula is C20H23BrN2O. The zero-order chi connectivity index (χ0) is 16.9. The third-order valence-corrected chi connectivity index (χ3v) is 4.70. The van der Waals surface area contributed by atoms with Crippen LogP contribution >= 0.6 is 15.9 Å². The lowest BCUT2D eigenvalue weighted by Gasteiger charge is -2.07. The van der Waals surface area contributed by atoms with Crippen LogP contribution in [-0.4, -0.2) is 18.1 Å². The largest absolute Gasteiger partial charge is 0.494 e. The minimum Gasteiger partial charge on any atom is -0.494 e. The predicted octanol–water partition coefficient (Wildman–Crippen LogP) is 5.28. The van der Waals surface area contributed by atoms with E-state index in [-0.39, 0.29) is 0 Å². The summed E-state index contributed by atoms with van der Waals surface area (Å²) < 4.78 is 6.65. The Morgan fingerprint density at radius 2 is 1.88 bits per heavy atom. The van der Waals surface area contributed by atoms with Gasteiger partial charge in [0.15, 0.2) is 0 Å². The summed E-state index contributed by atoms with van der Waals surface area (Å²) in [5, 5.41) is 1.28. The van der Waals surface area contributed by atoms with Crippen molar-refractivity contribution in [2.24, 2.45) is 5.73 Å². The fourth-order valence-corrected chi connectivity index (χ4v) is 3.42. The molecule has 0 unspecified atom stereocenters. The molecule has 4 heteroatoms. The van der Waals surface area contributed by atoms with Crippen LogP contribution in [0.3, 0.4) is 0 Å². The summed E-state index contributed by atoms with van der Waals surface area (Å²) in [6.07, 6.45) is 3.17. The van der Waals surface area contributed by atoms with Crippen LogP contribution in [0.15, 0.2) is 46.9 Å². The molecule has 0 fully saturated rings. The van der Waals surface area contributed by atoms with Crippen LogP contribution in [0.1, 0.15) is 25.3 Å². The molecule has 3 nitrogen and oxygen atoms in total. The molecule has 3 N–H and O–H groups in total. The van der Waals surface area contributed by atoms with Gasteiger partial charge in [-0.15, -0.1) is 0 Å². The highest BCUT2D eigenvalue weighted by molar-refractivity contribution is 9.10. The van der Waals surface area contributed by atoms with Gasteiger partial charge in [0.1, 0.15) is 5.75 Å². The Balaban J connectivity index is 2.03. The molecule has 0 bridgehead atoms. The number of halogens is 1. The maximum absolute atomic E-state index is 5.67. The Hall–Kier alpha value is -1.78. The summed E-state index contributed by atoms with van der Waals surface area (Å²) in [6.45, 7) is 3.42. The number of nitrogens with two attached hydrogens (primary N) is 1. The summed E-state index contributed by atoms with van der Waals surface area (Å²) in [6, 6.07) is 14.7. The van der Waals surface area contributed by atoms with E-state index in [9.17, 15) is 0 Å². The number of aryl methyl sites for hydroxylation is 1. The molecule has 0 amide bonds. The molecule has 0 aliphatic heterocycles. The molecule has 1 heterocycles. The molecule has 0 atom stereocenters. The van der Waals surface area contributed by atoms with Gasteiger partial charge < -0.3 is 15.5 Å². The van der Waals surface area contributed by atoms with E-state index >= 15 is 0 Å². The van der Waals surface area contributed by atoms with Crippen molar-refractivity contribution in [3.8, 4) is 17.0 Å². The molecule has 0 spiro atoms. The van der Waals surface area contributed by atoms with Gasteiger partial charge >= 0.3 is 0 Å². The van der Waals surface area contributed by atoms with Gasteiger partial charge in [0.05, 0.1) is 6.61 Å². The first-order valence-electron chi connectivity index (χ1n) is 8.46. The number of unbranched alkanes of at least 4 members (excludes halogenated alkanes) is 1. The van der Waals surface area contributed by atoms with Crippen LogP contribution in [0, 0.1) is 0 Å². The fourth-order valence-electron chi connectivity index (χ4n) is 3.06. The zero-order valence-corrected chi connectivity index (χ0v) is 15.5. The third kappa shape index (κ3) is 3.65. The van der Waals surface area contributed by atoms with E-state index in [1.54, 1.807) is 0 Å². The smallest absolute Gasteiger partial charge is 0.119 e. The quantitative estimate of drug-likeness (QED) is 0.542. The van der Waals surface area contributed by atoms with Crippen LogP contribution in [0.25, 0.3) is 22.2 Å². The minimum absolute atomic E-state index is 0.685. The summed E-state index contributed by atoms with van der Waals surface area (Å²) >= 11 is 3.59. The lowest BCUT2D eigenvalue weighted by molar-refractivity contribution is 0.340. The Morgan fingerprint density at radius 1 is 1.08 bits per heavy atom. The number of fused-ring (bicyclic) bond motifs is 1. The molecule has 0 aliphatic rings. The lowest BCUT2D eigenvalue weighted by atomic mass is 10.0. The Morgan fingerprint density at radius 3 is 2.58 bits per heavy atom. The molecule has 0 saturated carbocycles. The zero-order valence-electron chi connectivity index (χ0n) is 13.9. The van der Waals surface area contributed by atoms with E-state index in [0.717, 1.165) is 36.0 Å². The first-order chi connectivity index (χ1) is 11.7. The molecule has 2 aromatic carbocycles. The monoisotopic (exact) mass is 386 g/mol. The minimum atomic E-state index is 0.685. The van der Waals surface area contributed by atoms with Gasteiger partial charge in [0, 0.05) is 21.1 Å². The summed E-state index contributed by atoms with van der Waals surface area (Å²) in [4.78, 5) is 3.59. The molecule has 0 aliphatic carbocycles. The number of benzene rings is 2. The second-order valence-corrected chi connectivity index (χ2v) is 6.79. The van der Waals surface area contributed by atoms with Crippen molar-refractivity contribution in [2.45, 2.75) is 26.2 Å². The highest BCUT2D eigenvalue weighted by Crippen LogP contribution is 2.33. The highest BCUT2D eigenvalue weighted by atomic mass is 79.9. The molecule has 3 rings (SSSR count). The van der Waals surface area contributed by atoms with E-state index in [4.69, 9.17) is 10.5 Å². The van der Waals surface area contributed by atoms with Crippen molar-refractivity contribution in [1.82, 2.24) is 4.98 Å². The molecule has 0 radical (unpaired) electrons. The van der Waals surface area contributed by atoms with Crippen molar-refractivity contribution < 1.29 is 4.74 Å². The van der Waals surface area contributed by atoms with Gasteiger partial charge in [-0.3, -0.25) is 0 Å². The van der Waals surface area contributed by atoms with Gasteiger partial charge in [-0.05, 0) is 86.3 Å². The number of rotatable bonds is 7. The summed E-state index contributed by atoms with van der Waals surface area (Å²) in [7, 11) is 0. The number of hydrogen-bond donors (Lipinski definition) is 2. The summed E-state index contributed by atoms with van der Waals surface area (Å²) in [5.41, 5.74) is 10.6. The first-order valence-corrected chi connectivity index (χ1v) is 9.25. The third-order valence-electron chi connectivity index (χ3n) is 4.20. The second-order valence-electron chi connectivity index (χ2n) is 5.87. The lowest BCUT2D eigenvalue weighted by Crippen LogP contribution is -1.99. The fraction of sp³-hybridized carbons (Fsp3) is 0.300. The van der Waals surface area contributed by atoms with Crippen LogP contribution in [0.5, 0.6) is 5.75 Å². The molecule has 0 saturated heterocycles. The van der Waals surface area contributed by atoms with Crippen molar-refractivity contribution in [2.75, 3.05) is 13.2 Å². The Labute approximate surface area is 151 Å². The Kier molecular flexibility index (Phi) is 5.59. The molecule has 126 valence electrons. The van der Waals surface area contributed by atoms with Gasteiger partial charge in [0.25, 0.3) is 0 Å². The van der Waals surface area contributed by atoms with Crippen molar-refractivity contribution in [3.63, 3.8) is 0 Å². The van der Waals surface area contributed by atoms with Crippen LogP contribution < -0.4 is 10.5 Å². The van der Waals surface area contributed by atoms with E-state index in [0.29, 0.717) is 6.61 Å². The Bertz CT molecular complexity index is 808. The van der Waals surface area contributed by atoms with Gasteiger partial charge in [-0.1, -0.05) is 15.9 Å². The van der Waals surface area contributed by atoms with Gasteiger partial charge in [0.2, 0.25) is 0 Å². The maximum atomic E-state index is 5.67. The van der Waals surface area contributed by atoms with E-state index in [1.165, 1.54) is 27.7 Å². The number of nitrogens with one attached hydrogen (secondary N) is 1. The topological polar surface area (TPSA) is 51.0 Å². The average molecular weight is 387 g/mol. The average Bonchev–Trinajstić information content (AvgIpc) is 2.94. The van der Waals surface area contributed by atoms with Crippen LogP contribution in [-0.2, 0) is 6.42 Å². The summed E-state index contributed by atoms with van der Waals surface area (Å²) in [5.74, 6) is 0.907. The number of hydrogen-bond acceptors (Lipinski definition) is 2. The van der Waals surface area contributed by atoms with Crippen LogP contribution in [0.2, 0.25) is 0 Å². The van der Waals surface area contributed by atoms with Crippen LogP contribution in [0.4, 0.5) is 0 Å². The van der Waals surface area contributed by atoms with E-state index in [2.05, 4.69) is 51.2 Å². The first kappa shape index (κ1) is 17.1. The number of ether oxygens (including phenoxy) is 1. The normalized spacial score (nSPS) is 11.1. The van der Waals surface area contributed by atoms with Gasteiger partial charge in [-0.25, -0.2) is 0 Å². The van der Waals surface area contributed by atoms with Crippen molar-refractivity contribution in [1.29, 1.82) is 0 Å². The highest BCUT2D eigenvalue weighted by Gasteiger charge is 2.13. The SMILES string of the molecule is CCOc1ccc(-c2[nH]c3ccc(Br)cc3c2CCCCN)cc1. The predicted molar refractivity (Wildman–Crippen MR) is 105 cm³/mol. The van der Waals surface area contributed by atoms with Crippen molar-refractivity contribution in [3.05, 3.63) is 52.5 Å². The maximum Gasteiger partial charge on any atom is 0.119 e. The van der Waals surface area contributed by atoms with E-state index in [1.807, 2.05) is 19.1 Å². The van der Waals surface area contributed by atoms with Crippen molar-refractivity contribution >= 4 is 26.8 Å². The number of aromatic nitrogens is 1. The molecule has 1 aromatic heterocycles. The molecule has 24 heavy (non-hydrogen) atoms. The van der Waals surface area contributed by atoms with Gasteiger partial charge in [-0.2, -0.15) is 0 Å². The number of H-pyrrole nitrogens is 1.